The molecule has 1 fully saturated rings. The normalized spacial score (nSPS) is 18.6. The number of benzene rings is 2. The third-order valence-electron chi connectivity index (χ3n) is 4.74. The quantitative estimate of drug-likeness (QED) is 0.749. The molecule has 5 heteroatoms. The van der Waals surface area contributed by atoms with E-state index in [1.807, 2.05) is 30.3 Å². The van der Waals surface area contributed by atoms with Crippen LogP contribution < -0.4 is 4.74 Å². The number of nitrogens with zero attached hydrogens (tertiary/aromatic N) is 1. The Morgan fingerprint density at radius 1 is 1.00 bits per heavy atom. The molecule has 3 N–H and O–H groups in total. The maximum Gasteiger partial charge on any atom is 0.119 e. The summed E-state index contributed by atoms with van der Waals surface area (Å²) in [5.74, 6) is 0.807. The van der Waals surface area contributed by atoms with Crippen LogP contribution in [0.15, 0.2) is 54.6 Å². The lowest BCUT2D eigenvalue weighted by atomic mass is 9.84. The first-order valence-electron chi connectivity index (χ1n) is 8.65. The van der Waals surface area contributed by atoms with Crippen molar-refractivity contribution in [1.29, 1.82) is 0 Å². The van der Waals surface area contributed by atoms with Gasteiger partial charge < -0.3 is 25.0 Å². The van der Waals surface area contributed by atoms with Crippen molar-refractivity contribution < 1.29 is 20.1 Å². The van der Waals surface area contributed by atoms with Crippen LogP contribution >= 0.6 is 0 Å². The predicted octanol–water partition coefficient (Wildman–Crippen LogP) is 2.12. The number of hydrogen-bond donors (Lipinski definition) is 3. The van der Waals surface area contributed by atoms with Crippen LogP contribution in [0.4, 0.5) is 0 Å². The maximum atomic E-state index is 10.8. The minimum Gasteiger partial charge on any atom is -0.508 e. The van der Waals surface area contributed by atoms with Gasteiger partial charge in [-0.15, -0.1) is 0 Å². The van der Waals surface area contributed by atoms with E-state index in [1.165, 1.54) is 0 Å². The first kappa shape index (κ1) is 17.7. The fourth-order valence-electron chi connectivity index (χ4n) is 3.23. The van der Waals surface area contributed by atoms with Crippen LogP contribution in [0.5, 0.6) is 11.5 Å². The van der Waals surface area contributed by atoms with E-state index in [0.29, 0.717) is 25.1 Å². The van der Waals surface area contributed by atoms with E-state index in [0.717, 1.165) is 18.7 Å². The summed E-state index contributed by atoms with van der Waals surface area (Å²) in [5.41, 5.74) is 0.191. The number of hydrogen-bond acceptors (Lipinski definition) is 5. The highest BCUT2D eigenvalue weighted by Gasteiger charge is 2.34. The molecule has 0 unspecified atom stereocenters. The molecule has 134 valence electrons. The molecule has 2 aromatic rings. The number of phenols is 1. The van der Waals surface area contributed by atoms with Crippen LogP contribution in [0.2, 0.25) is 0 Å². The minimum absolute atomic E-state index is 0.187. The summed E-state index contributed by atoms with van der Waals surface area (Å²) in [6, 6.07) is 16.2. The Morgan fingerprint density at radius 3 is 2.28 bits per heavy atom. The third kappa shape index (κ3) is 4.72. The van der Waals surface area contributed by atoms with Gasteiger partial charge in [0.05, 0.1) is 5.60 Å². The lowest BCUT2D eigenvalue weighted by Gasteiger charge is -2.39. The molecule has 0 amide bonds. The summed E-state index contributed by atoms with van der Waals surface area (Å²) >= 11 is 0. The van der Waals surface area contributed by atoms with Gasteiger partial charge in [-0.05, 0) is 42.7 Å². The number of rotatable bonds is 6. The van der Waals surface area contributed by atoms with Crippen LogP contribution in [0, 0.1) is 0 Å². The third-order valence-corrected chi connectivity index (χ3v) is 4.74. The number of β-amino-alcohol motifs (C(OH)–C–C–N with tert-alkyl or cyclic N) is 1. The maximum absolute atomic E-state index is 10.8. The van der Waals surface area contributed by atoms with E-state index in [1.54, 1.807) is 24.3 Å². The molecule has 0 spiro atoms. The van der Waals surface area contributed by atoms with Crippen molar-refractivity contribution in [3.63, 3.8) is 0 Å². The molecule has 3 rings (SSSR count). The average Bonchev–Trinajstić information content (AvgIpc) is 2.64. The summed E-state index contributed by atoms with van der Waals surface area (Å²) < 4.78 is 5.54. The molecule has 25 heavy (non-hydrogen) atoms. The van der Waals surface area contributed by atoms with Crippen molar-refractivity contribution in [2.24, 2.45) is 0 Å². The van der Waals surface area contributed by atoms with Crippen molar-refractivity contribution >= 4 is 0 Å². The Hall–Kier alpha value is -2.08. The predicted molar refractivity (Wildman–Crippen MR) is 95.6 cm³/mol. The lowest BCUT2D eigenvalue weighted by molar-refractivity contribution is -0.0372. The Bertz CT molecular complexity index is 651. The minimum atomic E-state index is -0.773. The van der Waals surface area contributed by atoms with Crippen LogP contribution in [0.25, 0.3) is 0 Å². The fourth-order valence-corrected chi connectivity index (χ4v) is 3.23. The highest BCUT2D eigenvalue weighted by Crippen LogP contribution is 2.32. The zero-order valence-corrected chi connectivity index (χ0v) is 14.2. The van der Waals surface area contributed by atoms with Gasteiger partial charge in [-0.3, -0.25) is 0 Å². The number of likely N-dealkylation sites (tertiary alicyclic amines) is 1. The number of piperidine rings is 1. The van der Waals surface area contributed by atoms with Crippen LogP contribution in [0.3, 0.4) is 0 Å². The molecule has 0 bridgehead atoms. The highest BCUT2D eigenvalue weighted by molar-refractivity contribution is 5.30. The molecule has 0 radical (unpaired) electrons. The van der Waals surface area contributed by atoms with E-state index in [9.17, 15) is 15.3 Å². The summed E-state index contributed by atoms with van der Waals surface area (Å²) in [6.45, 7) is 2.19. The number of aliphatic hydroxyl groups excluding tert-OH is 1. The second-order valence-electron chi connectivity index (χ2n) is 6.66. The summed E-state index contributed by atoms with van der Waals surface area (Å²) in [7, 11) is 0. The van der Waals surface area contributed by atoms with Gasteiger partial charge in [0, 0.05) is 19.6 Å². The molecular formula is C20H25NO4. The van der Waals surface area contributed by atoms with Crippen molar-refractivity contribution in [3.8, 4) is 11.5 Å². The van der Waals surface area contributed by atoms with E-state index < -0.39 is 11.7 Å². The second kappa shape index (κ2) is 7.87. The molecular weight excluding hydrogens is 318 g/mol. The van der Waals surface area contributed by atoms with Crippen LogP contribution in [0.1, 0.15) is 18.4 Å². The van der Waals surface area contributed by atoms with Gasteiger partial charge in [-0.25, -0.2) is 0 Å². The van der Waals surface area contributed by atoms with Gasteiger partial charge >= 0.3 is 0 Å². The molecule has 1 aliphatic heterocycles. The van der Waals surface area contributed by atoms with Gasteiger partial charge in [0.25, 0.3) is 0 Å². The van der Waals surface area contributed by atoms with Crippen molar-refractivity contribution in [2.45, 2.75) is 24.5 Å². The Balaban J connectivity index is 1.44. The van der Waals surface area contributed by atoms with Gasteiger partial charge in [0.1, 0.15) is 24.2 Å². The Kier molecular flexibility index (Phi) is 5.58. The van der Waals surface area contributed by atoms with E-state index >= 15 is 0 Å². The number of aromatic hydroxyl groups is 1. The standard InChI is InChI=1S/C20H25NO4/c22-17-6-8-19(9-7-17)25-15-18(23)14-21-12-10-20(24,11-13-21)16-4-2-1-3-5-16/h1-9,18,22-24H,10-15H2/t18-/m0/s1. The molecule has 1 heterocycles. The molecule has 5 nitrogen and oxygen atoms in total. The van der Waals surface area contributed by atoms with E-state index in [4.69, 9.17) is 4.74 Å². The monoisotopic (exact) mass is 343 g/mol. The van der Waals surface area contributed by atoms with Crippen molar-refractivity contribution in [3.05, 3.63) is 60.2 Å². The van der Waals surface area contributed by atoms with Gasteiger partial charge in [-0.2, -0.15) is 0 Å². The summed E-state index contributed by atoms with van der Waals surface area (Å²) in [5, 5.41) is 30.3. The molecule has 1 aliphatic rings. The molecule has 2 aromatic carbocycles. The molecule has 1 atom stereocenters. The fraction of sp³-hybridized carbons (Fsp3) is 0.400. The first-order chi connectivity index (χ1) is 12.0. The zero-order valence-electron chi connectivity index (χ0n) is 14.2. The number of phenolic OH excluding ortho intramolecular Hbond substituents is 1. The first-order valence-corrected chi connectivity index (χ1v) is 8.65. The molecule has 0 aromatic heterocycles. The molecule has 0 saturated carbocycles. The van der Waals surface area contributed by atoms with Gasteiger partial charge in [0.2, 0.25) is 0 Å². The van der Waals surface area contributed by atoms with E-state index in [-0.39, 0.29) is 12.4 Å². The Morgan fingerprint density at radius 2 is 1.64 bits per heavy atom. The summed E-state index contributed by atoms with van der Waals surface area (Å²) in [4.78, 5) is 2.16. The van der Waals surface area contributed by atoms with Crippen molar-refractivity contribution in [2.75, 3.05) is 26.2 Å². The van der Waals surface area contributed by atoms with Gasteiger partial charge in [-0.1, -0.05) is 30.3 Å². The number of ether oxygens (including phenoxy) is 1. The van der Waals surface area contributed by atoms with Crippen LogP contribution in [-0.2, 0) is 5.60 Å². The molecule has 1 saturated heterocycles. The Labute approximate surface area is 148 Å². The van der Waals surface area contributed by atoms with Gasteiger partial charge in [0.15, 0.2) is 0 Å². The average molecular weight is 343 g/mol. The van der Waals surface area contributed by atoms with E-state index in [2.05, 4.69) is 4.90 Å². The second-order valence-corrected chi connectivity index (χ2v) is 6.66. The lowest BCUT2D eigenvalue weighted by Crippen LogP contribution is -2.46. The van der Waals surface area contributed by atoms with Crippen molar-refractivity contribution in [1.82, 2.24) is 4.90 Å². The van der Waals surface area contributed by atoms with Crippen LogP contribution in [-0.4, -0.2) is 52.6 Å². The SMILES string of the molecule is Oc1ccc(OC[C@@H](O)CN2CCC(O)(c3ccccc3)CC2)cc1. The highest BCUT2D eigenvalue weighted by atomic mass is 16.5. The smallest absolute Gasteiger partial charge is 0.119 e. The number of aliphatic hydroxyl groups is 2. The topological polar surface area (TPSA) is 73.2 Å². The molecule has 0 aliphatic carbocycles. The summed E-state index contributed by atoms with van der Waals surface area (Å²) in [6.07, 6.45) is 0.710. The largest absolute Gasteiger partial charge is 0.508 e. The zero-order chi connectivity index (χ0) is 17.7.